The lowest BCUT2D eigenvalue weighted by Gasteiger charge is -2.27. The monoisotopic (exact) mass is 430 g/mol. The van der Waals surface area contributed by atoms with Crippen LogP contribution in [0.5, 0.6) is 5.75 Å². The Hall–Kier alpha value is -3.26. The molecule has 1 aliphatic rings. The number of ether oxygens (including phenoxy) is 1. The molecule has 1 aliphatic carbocycles. The minimum atomic E-state index is -0.847. The van der Waals surface area contributed by atoms with Crippen molar-refractivity contribution in [2.45, 2.75) is 63.9 Å². The van der Waals surface area contributed by atoms with Gasteiger partial charge in [0.25, 0.3) is 0 Å². The zero-order valence-electron chi connectivity index (χ0n) is 18.5. The van der Waals surface area contributed by atoms with Crippen molar-refractivity contribution < 1.29 is 14.6 Å². The molecule has 0 amide bonds. The van der Waals surface area contributed by atoms with E-state index in [4.69, 9.17) is 4.74 Å². The highest BCUT2D eigenvalue weighted by atomic mass is 16.5. The first-order chi connectivity index (χ1) is 15.6. The number of nitrogens with one attached hydrogen (secondary N) is 1. The van der Waals surface area contributed by atoms with E-state index in [0.29, 0.717) is 5.92 Å². The van der Waals surface area contributed by atoms with Crippen molar-refractivity contribution in [3.63, 3.8) is 0 Å². The molecule has 1 aromatic heterocycles. The van der Waals surface area contributed by atoms with Crippen LogP contribution in [0.2, 0.25) is 0 Å². The second kappa shape index (κ2) is 10.4. The number of carboxylic acid groups (broad SMARTS) is 1. The Morgan fingerprint density at radius 1 is 1.16 bits per heavy atom. The third-order valence-electron chi connectivity index (χ3n) is 6.37. The van der Waals surface area contributed by atoms with Gasteiger partial charge >= 0.3 is 5.97 Å². The predicted octanol–water partition coefficient (Wildman–Crippen LogP) is 6.24. The zero-order chi connectivity index (χ0) is 22.3. The van der Waals surface area contributed by atoms with Crippen LogP contribution >= 0.6 is 0 Å². The lowest BCUT2D eigenvalue weighted by atomic mass is 9.84. The fourth-order valence-corrected chi connectivity index (χ4v) is 4.68. The van der Waals surface area contributed by atoms with E-state index in [2.05, 4.69) is 40.2 Å². The van der Waals surface area contributed by atoms with Gasteiger partial charge in [-0.25, -0.2) is 0 Å². The summed E-state index contributed by atoms with van der Waals surface area (Å²) in [5.74, 6) is 6.16. The van der Waals surface area contributed by atoms with Crippen molar-refractivity contribution in [2.24, 2.45) is 5.92 Å². The van der Waals surface area contributed by atoms with Gasteiger partial charge in [0.1, 0.15) is 11.9 Å². The molecular weight excluding hydrogens is 400 g/mol. The van der Waals surface area contributed by atoms with Gasteiger partial charge in [0.15, 0.2) is 0 Å². The Balaban J connectivity index is 1.55. The summed E-state index contributed by atoms with van der Waals surface area (Å²) >= 11 is 0. The van der Waals surface area contributed by atoms with Crippen LogP contribution < -0.4 is 4.74 Å². The standard InChI is InChI=1S/C27H30N2O3/c1-2-6-21(17-27(30)31)20-9-12-24(13-10-20)32-26(15-19-7-4-3-5-8-19)22-11-14-25-23(16-22)18-28-29-25/h9-14,16,18-19,21,26H,3-5,7-8,15,17H2,1H3,(H,28,29)(H,30,31)/t21-,26-/m0/s1. The number of carbonyl (C=O) groups is 1. The molecule has 2 atom stereocenters. The summed E-state index contributed by atoms with van der Waals surface area (Å²) in [6.45, 7) is 1.74. The molecule has 1 saturated carbocycles. The molecule has 5 heteroatoms. The van der Waals surface area contributed by atoms with E-state index in [1.165, 1.54) is 32.1 Å². The van der Waals surface area contributed by atoms with Gasteiger partial charge in [0, 0.05) is 5.39 Å². The number of aromatic amines is 1. The molecule has 4 rings (SSSR count). The second-order valence-corrected chi connectivity index (χ2v) is 8.68. The minimum Gasteiger partial charge on any atom is -0.486 e. The maximum atomic E-state index is 11.2. The second-order valence-electron chi connectivity index (χ2n) is 8.68. The summed E-state index contributed by atoms with van der Waals surface area (Å²) in [6.07, 6.45) is 9.27. The first kappa shape index (κ1) is 22.0. The third kappa shape index (κ3) is 5.50. The van der Waals surface area contributed by atoms with Crippen molar-refractivity contribution >= 4 is 16.9 Å². The van der Waals surface area contributed by atoms with E-state index in [0.717, 1.165) is 34.2 Å². The minimum absolute atomic E-state index is 0.00391. The largest absolute Gasteiger partial charge is 0.486 e. The van der Waals surface area contributed by atoms with Crippen molar-refractivity contribution in [3.05, 3.63) is 59.8 Å². The van der Waals surface area contributed by atoms with E-state index in [9.17, 15) is 9.90 Å². The van der Waals surface area contributed by atoms with E-state index >= 15 is 0 Å². The van der Waals surface area contributed by atoms with Crippen molar-refractivity contribution in [2.75, 3.05) is 0 Å². The molecule has 2 aromatic carbocycles. The Kier molecular flexibility index (Phi) is 7.11. The molecular formula is C27H30N2O3. The van der Waals surface area contributed by atoms with Crippen LogP contribution in [0.1, 0.15) is 75.0 Å². The molecule has 0 spiro atoms. The predicted molar refractivity (Wildman–Crippen MR) is 126 cm³/mol. The van der Waals surface area contributed by atoms with Gasteiger partial charge in [-0.3, -0.25) is 9.89 Å². The van der Waals surface area contributed by atoms with Crippen LogP contribution in [0.25, 0.3) is 10.9 Å². The number of hydrogen-bond acceptors (Lipinski definition) is 3. The quantitative estimate of drug-likeness (QED) is 0.415. The number of aliphatic carboxylic acids is 1. The highest BCUT2D eigenvalue weighted by molar-refractivity contribution is 5.78. The molecule has 166 valence electrons. The number of fused-ring (bicyclic) bond motifs is 1. The van der Waals surface area contributed by atoms with E-state index < -0.39 is 5.97 Å². The Morgan fingerprint density at radius 2 is 1.91 bits per heavy atom. The summed E-state index contributed by atoms with van der Waals surface area (Å²) in [4.78, 5) is 11.2. The van der Waals surface area contributed by atoms with Gasteiger partial charge in [-0.1, -0.05) is 56.2 Å². The SMILES string of the molecule is CC#C[C@@H](CC(=O)O)c1ccc(O[C@@H](CC2CCCCC2)c2ccc3[nH]ncc3c2)cc1. The van der Waals surface area contributed by atoms with Gasteiger partial charge in [-0.15, -0.1) is 5.92 Å². The van der Waals surface area contributed by atoms with Crippen LogP contribution in [-0.2, 0) is 4.79 Å². The number of rotatable bonds is 8. The molecule has 0 radical (unpaired) electrons. The maximum absolute atomic E-state index is 11.2. The third-order valence-corrected chi connectivity index (χ3v) is 6.37. The highest BCUT2D eigenvalue weighted by Crippen LogP contribution is 2.35. The van der Waals surface area contributed by atoms with Crippen molar-refractivity contribution in [1.82, 2.24) is 10.2 Å². The van der Waals surface area contributed by atoms with Crippen molar-refractivity contribution in [1.29, 1.82) is 0 Å². The molecule has 3 aromatic rings. The van der Waals surface area contributed by atoms with Crippen LogP contribution in [0.4, 0.5) is 0 Å². The average molecular weight is 431 g/mol. The van der Waals surface area contributed by atoms with Crippen LogP contribution in [0.15, 0.2) is 48.7 Å². The molecule has 0 unspecified atom stereocenters. The van der Waals surface area contributed by atoms with E-state index in [1.807, 2.05) is 30.5 Å². The lowest BCUT2D eigenvalue weighted by Crippen LogP contribution is -2.16. The first-order valence-corrected chi connectivity index (χ1v) is 11.5. The fourth-order valence-electron chi connectivity index (χ4n) is 4.68. The van der Waals surface area contributed by atoms with Crippen molar-refractivity contribution in [3.8, 4) is 17.6 Å². The van der Waals surface area contributed by atoms with E-state index in [-0.39, 0.29) is 18.4 Å². The molecule has 1 fully saturated rings. The summed E-state index contributed by atoms with van der Waals surface area (Å²) in [7, 11) is 0. The van der Waals surface area contributed by atoms with Gasteiger partial charge in [-0.2, -0.15) is 5.10 Å². The smallest absolute Gasteiger partial charge is 0.304 e. The van der Waals surface area contributed by atoms with Gasteiger partial charge < -0.3 is 9.84 Å². The molecule has 0 aliphatic heterocycles. The van der Waals surface area contributed by atoms with Crippen LogP contribution in [0, 0.1) is 17.8 Å². The first-order valence-electron chi connectivity index (χ1n) is 11.5. The van der Waals surface area contributed by atoms with E-state index in [1.54, 1.807) is 6.92 Å². The van der Waals surface area contributed by atoms with Crippen LogP contribution in [-0.4, -0.2) is 21.3 Å². The van der Waals surface area contributed by atoms with Gasteiger partial charge in [0.05, 0.1) is 24.1 Å². The summed E-state index contributed by atoms with van der Waals surface area (Å²) in [6, 6.07) is 14.1. The molecule has 0 bridgehead atoms. The summed E-state index contributed by atoms with van der Waals surface area (Å²) in [5, 5.41) is 17.4. The summed E-state index contributed by atoms with van der Waals surface area (Å²) < 4.78 is 6.52. The highest BCUT2D eigenvalue weighted by Gasteiger charge is 2.22. The maximum Gasteiger partial charge on any atom is 0.304 e. The average Bonchev–Trinajstić information content (AvgIpc) is 3.27. The Labute approximate surface area is 189 Å². The van der Waals surface area contributed by atoms with Gasteiger partial charge in [-0.05, 0) is 54.7 Å². The molecule has 2 N–H and O–H groups in total. The van der Waals surface area contributed by atoms with Gasteiger partial charge in [0.2, 0.25) is 0 Å². The summed E-state index contributed by atoms with van der Waals surface area (Å²) in [5.41, 5.74) is 3.09. The number of carboxylic acids is 1. The molecule has 0 saturated heterocycles. The van der Waals surface area contributed by atoms with Crippen LogP contribution in [0.3, 0.4) is 0 Å². The number of hydrogen-bond donors (Lipinski definition) is 2. The number of aromatic nitrogens is 2. The molecule has 5 nitrogen and oxygen atoms in total. The normalized spacial score (nSPS) is 16.2. The topological polar surface area (TPSA) is 75.2 Å². The number of benzene rings is 2. The lowest BCUT2D eigenvalue weighted by molar-refractivity contribution is -0.137. The Morgan fingerprint density at radius 3 is 2.62 bits per heavy atom. The molecule has 1 heterocycles. The number of nitrogens with zero attached hydrogens (tertiary/aromatic N) is 1. The fraction of sp³-hybridized carbons (Fsp3) is 0.407. The Bertz CT molecular complexity index is 1100. The zero-order valence-corrected chi connectivity index (χ0v) is 18.5. The molecule has 32 heavy (non-hydrogen) atoms. The number of H-pyrrole nitrogens is 1.